The first-order valence-electron chi connectivity index (χ1n) is 13.1. The zero-order chi connectivity index (χ0) is 29.6. The van der Waals surface area contributed by atoms with Gasteiger partial charge in [0.25, 0.3) is 11.8 Å². The van der Waals surface area contributed by atoms with Crippen LogP contribution in [0.25, 0.3) is 0 Å². The molecule has 41 heavy (non-hydrogen) atoms. The number of nitrogens with one attached hydrogen (secondary N) is 3. The molecule has 0 bridgehead atoms. The van der Waals surface area contributed by atoms with Gasteiger partial charge in [0.2, 0.25) is 5.91 Å². The van der Waals surface area contributed by atoms with E-state index >= 15 is 0 Å². The zero-order valence-electron chi connectivity index (χ0n) is 22.5. The number of nitriles is 1. The van der Waals surface area contributed by atoms with E-state index in [1.807, 2.05) is 0 Å². The Balaban J connectivity index is 1.52. The molecular formula is C30H29F2N7O2. The van der Waals surface area contributed by atoms with Gasteiger partial charge in [0.1, 0.15) is 11.9 Å². The molecule has 0 spiro atoms. The smallest absolute Gasteiger partial charge is 0.273 e. The first-order valence-corrected chi connectivity index (χ1v) is 13.1. The molecule has 3 aromatic rings. The maximum Gasteiger partial charge on any atom is 0.273 e. The largest absolute Gasteiger partial charge is 0.379 e. The fraction of sp³-hybridized carbons (Fsp3) is 0.267. The van der Waals surface area contributed by atoms with E-state index in [0.29, 0.717) is 29.9 Å². The van der Waals surface area contributed by atoms with Gasteiger partial charge in [-0.15, -0.1) is 0 Å². The van der Waals surface area contributed by atoms with E-state index in [9.17, 15) is 23.6 Å². The number of anilines is 2. The van der Waals surface area contributed by atoms with Gasteiger partial charge in [-0.25, -0.2) is 13.8 Å². The van der Waals surface area contributed by atoms with Gasteiger partial charge in [-0.05, 0) is 43.2 Å². The van der Waals surface area contributed by atoms with Crippen molar-refractivity contribution in [1.82, 2.24) is 14.9 Å². The van der Waals surface area contributed by atoms with E-state index in [-0.39, 0.29) is 46.6 Å². The lowest BCUT2D eigenvalue weighted by atomic mass is 9.98. The summed E-state index contributed by atoms with van der Waals surface area (Å²) in [5, 5.41) is 24.5. The Kier molecular flexibility index (Phi) is 8.82. The minimum Gasteiger partial charge on any atom is -0.379 e. The van der Waals surface area contributed by atoms with Crippen LogP contribution in [0.1, 0.15) is 58.8 Å². The number of carbonyl (C=O) groups is 2. The van der Waals surface area contributed by atoms with Gasteiger partial charge < -0.3 is 15.5 Å². The molecule has 2 amide bonds. The van der Waals surface area contributed by atoms with Crippen molar-refractivity contribution in [2.24, 2.45) is 0 Å². The van der Waals surface area contributed by atoms with Gasteiger partial charge in [0, 0.05) is 66.4 Å². The summed E-state index contributed by atoms with van der Waals surface area (Å²) < 4.78 is 28.1. The van der Waals surface area contributed by atoms with Crippen molar-refractivity contribution in [1.29, 1.82) is 10.7 Å². The number of aromatic nitrogens is 2. The number of nitrogens with zero attached hydrogens (tertiary/aromatic N) is 4. The molecule has 1 aromatic carbocycles. The van der Waals surface area contributed by atoms with E-state index in [0.717, 1.165) is 18.9 Å². The Morgan fingerprint density at radius 3 is 2.66 bits per heavy atom. The van der Waals surface area contributed by atoms with E-state index in [4.69, 9.17) is 5.41 Å². The Hall–Kier alpha value is -4.98. The molecule has 3 heterocycles. The number of hydrogen-bond acceptors (Lipinski definition) is 7. The fourth-order valence-electron chi connectivity index (χ4n) is 4.58. The number of carbonyl (C=O) groups excluding carboxylic acids is 2. The summed E-state index contributed by atoms with van der Waals surface area (Å²) in [5.41, 5.74) is 1.66. The van der Waals surface area contributed by atoms with Crippen LogP contribution in [0.2, 0.25) is 0 Å². The molecule has 2 aromatic heterocycles. The maximum atomic E-state index is 14.1. The Morgan fingerprint density at radius 1 is 1.24 bits per heavy atom. The predicted octanol–water partition coefficient (Wildman–Crippen LogP) is 5.11. The quantitative estimate of drug-likeness (QED) is 0.247. The number of amides is 2. The summed E-state index contributed by atoms with van der Waals surface area (Å²) in [5.74, 6) is -3.73. The number of alkyl halides is 2. The van der Waals surface area contributed by atoms with Crippen LogP contribution in [-0.4, -0.2) is 51.5 Å². The molecule has 0 aliphatic carbocycles. The number of hydrogen-bond donors (Lipinski definition) is 3. The van der Waals surface area contributed by atoms with Crippen molar-refractivity contribution >= 4 is 29.0 Å². The first-order chi connectivity index (χ1) is 19.7. The summed E-state index contributed by atoms with van der Waals surface area (Å²) in [7, 11) is 0. The van der Waals surface area contributed by atoms with Crippen LogP contribution in [0.5, 0.6) is 0 Å². The monoisotopic (exact) mass is 557 g/mol. The third-order valence-corrected chi connectivity index (χ3v) is 6.90. The third-order valence-electron chi connectivity index (χ3n) is 6.90. The number of piperidine rings is 1. The van der Waals surface area contributed by atoms with Gasteiger partial charge in [-0.2, -0.15) is 5.26 Å². The minimum atomic E-state index is -3.03. The lowest BCUT2D eigenvalue weighted by Crippen LogP contribution is -2.44. The lowest BCUT2D eigenvalue weighted by Gasteiger charge is -2.33. The van der Waals surface area contributed by atoms with E-state index in [2.05, 4.69) is 33.2 Å². The van der Waals surface area contributed by atoms with Gasteiger partial charge in [-0.1, -0.05) is 25.6 Å². The van der Waals surface area contributed by atoms with Crippen LogP contribution in [0.15, 0.2) is 67.6 Å². The standard InChI is InChI=1S/C30H29F2N7O2/c1-3-26(40)39-13-5-6-23(18-39)37-28-21(15-33)16-35-17-24(28)27(34)19-7-9-20(10-8-19)29(41)38-25-14-22(11-12-36-25)30(31,32)4-2/h3,7-12,14,16-17,23,34H,1,4-6,13,18H2,2H3,(H,35,37)(H,36,38,41). The summed E-state index contributed by atoms with van der Waals surface area (Å²) in [6, 6.07) is 10.5. The second kappa shape index (κ2) is 12.5. The van der Waals surface area contributed by atoms with Crippen molar-refractivity contribution < 1.29 is 18.4 Å². The van der Waals surface area contributed by atoms with Crippen molar-refractivity contribution in [3.05, 3.63) is 95.5 Å². The summed E-state index contributed by atoms with van der Waals surface area (Å²) in [6.45, 7) is 5.98. The van der Waals surface area contributed by atoms with Crippen LogP contribution >= 0.6 is 0 Å². The van der Waals surface area contributed by atoms with E-state index in [1.54, 1.807) is 17.0 Å². The molecule has 0 saturated carbocycles. The number of pyridine rings is 2. The fourth-order valence-corrected chi connectivity index (χ4v) is 4.58. The number of halogens is 2. The molecule has 1 unspecified atom stereocenters. The molecule has 1 saturated heterocycles. The van der Waals surface area contributed by atoms with Gasteiger partial charge in [0.05, 0.1) is 17.0 Å². The summed E-state index contributed by atoms with van der Waals surface area (Å²) in [6.07, 6.45) is 6.58. The minimum absolute atomic E-state index is 0.00335. The number of rotatable bonds is 9. The molecule has 1 aliphatic rings. The van der Waals surface area contributed by atoms with Crippen molar-refractivity contribution in [2.75, 3.05) is 23.7 Å². The molecule has 210 valence electrons. The van der Waals surface area contributed by atoms with Crippen molar-refractivity contribution in [3.8, 4) is 6.07 Å². The van der Waals surface area contributed by atoms with Gasteiger partial charge in [0.15, 0.2) is 0 Å². The lowest BCUT2D eigenvalue weighted by molar-refractivity contribution is -0.127. The molecule has 1 fully saturated rings. The SMILES string of the molecule is C=CC(=O)N1CCCC(Nc2c(C#N)cncc2C(=N)c2ccc(C(=O)Nc3cc(C(F)(F)CC)ccn3)cc2)C1. The highest BCUT2D eigenvalue weighted by Gasteiger charge is 2.29. The summed E-state index contributed by atoms with van der Waals surface area (Å²) in [4.78, 5) is 34.7. The van der Waals surface area contributed by atoms with E-state index in [1.165, 1.54) is 49.8 Å². The van der Waals surface area contributed by atoms with Crippen LogP contribution in [0, 0.1) is 16.7 Å². The molecular weight excluding hydrogens is 528 g/mol. The topological polar surface area (TPSA) is 135 Å². The Morgan fingerprint density at radius 2 is 1.98 bits per heavy atom. The maximum absolute atomic E-state index is 14.1. The van der Waals surface area contributed by atoms with Crippen LogP contribution < -0.4 is 10.6 Å². The highest BCUT2D eigenvalue weighted by molar-refractivity contribution is 6.15. The van der Waals surface area contributed by atoms with E-state index < -0.39 is 11.8 Å². The second-order valence-electron chi connectivity index (χ2n) is 9.59. The van der Waals surface area contributed by atoms with Crippen LogP contribution in [-0.2, 0) is 10.7 Å². The molecule has 4 rings (SSSR count). The van der Waals surface area contributed by atoms with Gasteiger partial charge >= 0.3 is 0 Å². The molecule has 1 atom stereocenters. The predicted molar refractivity (Wildman–Crippen MR) is 151 cm³/mol. The Labute approximate surface area is 236 Å². The second-order valence-corrected chi connectivity index (χ2v) is 9.59. The zero-order valence-corrected chi connectivity index (χ0v) is 22.5. The average molecular weight is 558 g/mol. The molecule has 11 heteroatoms. The number of benzene rings is 1. The first kappa shape index (κ1) is 29.0. The van der Waals surface area contributed by atoms with Crippen LogP contribution in [0.4, 0.5) is 20.3 Å². The van der Waals surface area contributed by atoms with Crippen LogP contribution in [0.3, 0.4) is 0 Å². The average Bonchev–Trinajstić information content (AvgIpc) is 3.00. The highest BCUT2D eigenvalue weighted by atomic mass is 19.3. The van der Waals surface area contributed by atoms with Crippen molar-refractivity contribution in [3.63, 3.8) is 0 Å². The number of likely N-dealkylation sites (tertiary alicyclic amines) is 1. The normalized spacial score (nSPS) is 15.0. The molecule has 3 N–H and O–H groups in total. The third kappa shape index (κ3) is 6.61. The molecule has 9 nitrogen and oxygen atoms in total. The Bertz CT molecular complexity index is 1520. The molecule has 1 aliphatic heterocycles. The van der Waals surface area contributed by atoms with Gasteiger partial charge in [-0.3, -0.25) is 20.0 Å². The summed E-state index contributed by atoms with van der Waals surface area (Å²) >= 11 is 0. The highest BCUT2D eigenvalue weighted by Crippen LogP contribution is 2.32. The van der Waals surface area contributed by atoms with Crippen molar-refractivity contribution in [2.45, 2.75) is 38.2 Å². The molecule has 0 radical (unpaired) electrons.